The monoisotopic (exact) mass is 488 g/mol. The normalized spacial score (nSPS) is 11.7. The van der Waals surface area contributed by atoms with Gasteiger partial charge in [-0.1, -0.05) is 30.3 Å². The molecule has 0 atom stereocenters. The van der Waals surface area contributed by atoms with Crippen LogP contribution in [0.3, 0.4) is 0 Å². The molecule has 0 bridgehead atoms. The number of carboxylic acids is 1. The van der Waals surface area contributed by atoms with E-state index < -0.39 is 17.9 Å². The van der Waals surface area contributed by atoms with Crippen LogP contribution in [-0.4, -0.2) is 34.6 Å². The van der Waals surface area contributed by atoms with Gasteiger partial charge in [0.2, 0.25) is 0 Å². The Morgan fingerprint density at radius 1 is 0.971 bits per heavy atom. The van der Waals surface area contributed by atoms with E-state index in [0.717, 1.165) is 11.1 Å². The van der Waals surface area contributed by atoms with Crippen LogP contribution in [-0.2, 0) is 17.8 Å². The Bertz CT molecular complexity index is 1130. The number of hydrogen-bond donors (Lipinski definition) is 1. The van der Waals surface area contributed by atoms with Crippen LogP contribution < -0.4 is 14.4 Å². The molecule has 3 aromatic rings. The fourth-order valence-corrected chi connectivity index (χ4v) is 3.31. The number of alkyl halides is 3. The van der Waals surface area contributed by atoms with Crippen LogP contribution in [0, 0.1) is 6.92 Å². The van der Waals surface area contributed by atoms with Crippen LogP contribution >= 0.6 is 0 Å². The molecule has 6 nitrogen and oxygen atoms in total. The van der Waals surface area contributed by atoms with Gasteiger partial charge < -0.3 is 19.5 Å². The molecule has 0 aliphatic rings. The summed E-state index contributed by atoms with van der Waals surface area (Å²) < 4.78 is 47.5. The molecule has 35 heavy (non-hydrogen) atoms. The molecule has 0 aliphatic carbocycles. The van der Waals surface area contributed by atoms with Crippen molar-refractivity contribution in [1.29, 1.82) is 0 Å². The van der Waals surface area contributed by atoms with Gasteiger partial charge in [0, 0.05) is 19.3 Å². The molecule has 0 saturated carbocycles. The van der Waals surface area contributed by atoms with Crippen LogP contribution in [0.5, 0.6) is 11.5 Å². The number of carbonyl (C=O) groups is 1. The number of aryl methyl sites for hydroxylation is 1. The van der Waals surface area contributed by atoms with Gasteiger partial charge in [0.1, 0.15) is 17.3 Å². The third-order valence-corrected chi connectivity index (χ3v) is 5.21. The predicted molar refractivity (Wildman–Crippen MR) is 126 cm³/mol. The zero-order valence-corrected chi connectivity index (χ0v) is 19.7. The molecule has 0 fully saturated rings. The summed E-state index contributed by atoms with van der Waals surface area (Å²) in [5.74, 6) is -0.195. The number of aliphatic carboxylic acids is 1. The van der Waals surface area contributed by atoms with Crippen molar-refractivity contribution in [1.82, 2.24) is 4.98 Å². The predicted octanol–water partition coefficient (Wildman–Crippen LogP) is 5.78. The van der Waals surface area contributed by atoms with Gasteiger partial charge in [-0.2, -0.15) is 0 Å². The quantitative estimate of drug-likeness (QED) is 0.390. The first-order chi connectivity index (χ1) is 16.4. The van der Waals surface area contributed by atoms with Crippen LogP contribution in [0.15, 0.2) is 66.9 Å². The van der Waals surface area contributed by atoms with E-state index in [0.29, 0.717) is 36.6 Å². The third kappa shape index (κ3) is 7.91. The minimum atomic E-state index is -4.76. The standard InChI is InChI=1S/C26H27F3N2O4/c1-18-7-12-23(30-16-18)31(17-20-5-4-6-22(15-20)35-26(27,28)29)14-13-19-8-10-21(11-9-19)34-25(2,3)24(32)33/h4-12,15-16H,13-14,17H2,1-3H3,(H,32,33). The summed E-state index contributed by atoms with van der Waals surface area (Å²) >= 11 is 0. The lowest BCUT2D eigenvalue weighted by Gasteiger charge is -2.25. The lowest BCUT2D eigenvalue weighted by molar-refractivity contribution is -0.274. The maximum atomic E-state index is 12.6. The fraction of sp³-hybridized carbons (Fsp3) is 0.308. The van der Waals surface area contributed by atoms with E-state index in [1.807, 2.05) is 36.1 Å². The van der Waals surface area contributed by atoms with E-state index in [1.54, 1.807) is 24.4 Å². The zero-order valence-electron chi connectivity index (χ0n) is 19.7. The summed E-state index contributed by atoms with van der Waals surface area (Å²) in [7, 11) is 0. The Hall–Kier alpha value is -3.75. The molecule has 186 valence electrons. The lowest BCUT2D eigenvalue weighted by atomic mass is 10.1. The lowest BCUT2D eigenvalue weighted by Crippen LogP contribution is -2.37. The van der Waals surface area contributed by atoms with Crippen molar-refractivity contribution in [2.75, 3.05) is 11.4 Å². The second-order valence-electron chi connectivity index (χ2n) is 8.62. The maximum Gasteiger partial charge on any atom is 0.573 e. The molecule has 0 radical (unpaired) electrons. The Balaban J connectivity index is 1.73. The van der Waals surface area contributed by atoms with Gasteiger partial charge in [-0.05, 0) is 74.2 Å². The average Bonchev–Trinajstić information content (AvgIpc) is 2.77. The Labute approximate surface area is 201 Å². The molecular formula is C26H27F3N2O4. The average molecular weight is 489 g/mol. The van der Waals surface area contributed by atoms with Crippen LogP contribution in [0.2, 0.25) is 0 Å². The minimum absolute atomic E-state index is 0.272. The molecule has 3 rings (SSSR count). The first kappa shape index (κ1) is 25.9. The third-order valence-electron chi connectivity index (χ3n) is 5.21. The van der Waals surface area contributed by atoms with Crippen LogP contribution in [0.1, 0.15) is 30.5 Å². The Morgan fingerprint density at radius 2 is 1.69 bits per heavy atom. The van der Waals surface area contributed by atoms with Gasteiger partial charge in [-0.15, -0.1) is 13.2 Å². The van der Waals surface area contributed by atoms with E-state index in [1.165, 1.54) is 32.0 Å². The molecule has 2 aromatic carbocycles. The number of aromatic nitrogens is 1. The number of pyridine rings is 1. The summed E-state index contributed by atoms with van der Waals surface area (Å²) in [6, 6.07) is 16.8. The number of ether oxygens (including phenoxy) is 2. The number of benzene rings is 2. The van der Waals surface area contributed by atoms with Crippen molar-refractivity contribution in [3.8, 4) is 11.5 Å². The van der Waals surface area contributed by atoms with Crippen molar-refractivity contribution in [2.24, 2.45) is 0 Å². The SMILES string of the molecule is Cc1ccc(N(CCc2ccc(OC(C)(C)C(=O)O)cc2)Cc2cccc(OC(F)(F)F)c2)nc1. The highest BCUT2D eigenvalue weighted by molar-refractivity contribution is 5.76. The van der Waals surface area contributed by atoms with Crippen LogP contribution in [0.4, 0.5) is 19.0 Å². The summed E-state index contributed by atoms with van der Waals surface area (Å²) in [6.45, 7) is 5.75. The summed E-state index contributed by atoms with van der Waals surface area (Å²) in [6.07, 6.45) is -2.40. The molecule has 0 aliphatic heterocycles. The van der Waals surface area contributed by atoms with Crippen molar-refractivity contribution < 1.29 is 32.5 Å². The highest BCUT2D eigenvalue weighted by Gasteiger charge is 2.31. The molecule has 0 spiro atoms. The number of carboxylic acid groups (broad SMARTS) is 1. The smallest absolute Gasteiger partial charge is 0.478 e. The second kappa shape index (κ2) is 10.7. The van der Waals surface area contributed by atoms with Crippen molar-refractivity contribution in [2.45, 2.75) is 45.7 Å². The van der Waals surface area contributed by atoms with E-state index in [9.17, 15) is 23.1 Å². The molecule has 0 saturated heterocycles. The number of rotatable bonds is 10. The molecule has 0 amide bonds. The highest BCUT2D eigenvalue weighted by Crippen LogP contribution is 2.25. The van der Waals surface area contributed by atoms with E-state index in [2.05, 4.69) is 9.72 Å². The van der Waals surface area contributed by atoms with E-state index in [4.69, 9.17) is 4.74 Å². The molecule has 1 heterocycles. The maximum absolute atomic E-state index is 12.6. The first-order valence-electron chi connectivity index (χ1n) is 10.9. The highest BCUT2D eigenvalue weighted by atomic mass is 19.4. The van der Waals surface area contributed by atoms with Crippen molar-refractivity contribution in [3.63, 3.8) is 0 Å². The molecule has 1 aromatic heterocycles. The largest absolute Gasteiger partial charge is 0.573 e. The number of hydrogen-bond acceptors (Lipinski definition) is 5. The molecule has 1 N–H and O–H groups in total. The minimum Gasteiger partial charge on any atom is -0.478 e. The summed E-state index contributed by atoms with van der Waals surface area (Å²) in [5.41, 5.74) is 1.28. The van der Waals surface area contributed by atoms with Gasteiger partial charge in [0.05, 0.1) is 0 Å². The van der Waals surface area contributed by atoms with Gasteiger partial charge in [0.15, 0.2) is 5.60 Å². The first-order valence-corrected chi connectivity index (χ1v) is 10.9. The second-order valence-corrected chi connectivity index (χ2v) is 8.62. The fourth-order valence-electron chi connectivity index (χ4n) is 3.31. The molecule has 0 unspecified atom stereocenters. The summed E-state index contributed by atoms with van der Waals surface area (Å²) in [5, 5.41) is 9.22. The topological polar surface area (TPSA) is 71.9 Å². The number of anilines is 1. The Kier molecular flexibility index (Phi) is 7.89. The van der Waals surface area contributed by atoms with Gasteiger partial charge in [-0.3, -0.25) is 0 Å². The molecular weight excluding hydrogens is 461 g/mol. The van der Waals surface area contributed by atoms with E-state index >= 15 is 0 Å². The van der Waals surface area contributed by atoms with Gasteiger partial charge >= 0.3 is 12.3 Å². The van der Waals surface area contributed by atoms with Gasteiger partial charge in [0.25, 0.3) is 0 Å². The number of halogens is 3. The summed E-state index contributed by atoms with van der Waals surface area (Å²) in [4.78, 5) is 17.7. The van der Waals surface area contributed by atoms with Crippen molar-refractivity contribution in [3.05, 3.63) is 83.6 Å². The van der Waals surface area contributed by atoms with Crippen molar-refractivity contribution >= 4 is 11.8 Å². The Morgan fingerprint density at radius 3 is 2.29 bits per heavy atom. The number of nitrogens with zero attached hydrogens (tertiary/aromatic N) is 2. The van der Waals surface area contributed by atoms with Crippen LogP contribution in [0.25, 0.3) is 0 Å². The molecule has 9 heteroatoms. The van der Waals surface area contributed by atoms with Gasteiger partial charge in [-0.25, -0.2) is 9.78 Å². The van der Waals surface area contributed by atoms with E-state index in [-0.39, 0.29) is 5.75 Å². The zero-order chi connectivity index (χ0) is 25.6.